The van der Waals surface area contributed by atoms with Gasteiger partial charge in [0.05, 0.1) is 47.7 Å². The van der Waals surface area contributed by atoms with E-state index < -0.39 is 162 Å². The Morgan fingerprint density at radius 2 is 1.65 bits per heavy atom. The second-order valence-electron chi connectivity index (χ2n) is 21.1. The number of aliphatic hydroxyl groups is 1. The number of amides is 8. The predicted octanol–water partition coefficient (Wildman–Crippen LogP) is 0.426. The zero-order valence-corrected chi connectivity index (χ0v) is 45.0. The summed E-state index contributed by atoms with van der Waals surface area (Å²) in [5.41, 5.74) is 6.78. The number of nitrogens with two attached hydrogens (primary N) is 2. The minimum atomic E-state index is -2.15. The van der Waals surface area contributed by atoms with Gasteiger partial charge in [0.1, 0.15) is 35.3 Å². The maximum absolute atomic E-state index is 14.8. The Hall–Kier alpha value is -7.04. The first-order valence-corrected chi connectivity index (χ1v) is 26.7. The van der Waals surface area contributed by atoms with Crippen molar-refractivity contribution in [1.29, 1.82) is 0 Å². The van der Waals surface area contributed by atoms with Crippen molar-refractivity contribution in [2.75, 3.05) is 45.2 Å². The van der Waals surface area contributed by atoms with Crippen LogP contribution >= 0.6 is 0 Å². The molecule has 0 spiro atoms. The van der Waals surface area contributed by atoms with E-state index in [1.54, 1.807) is 20.8 Å². The van der Waals surface area contributed by atoms with Gasteiger partial charge in [-0.25, -0.2) is 4.79 Å². The molecule has 8 amide bonds. The number of primary amides is 1. The Balaban J connectivity index is 0.973. The Morgan fingerprint density at radius 3 is 2.31 bits per heavy atom. The number of ketones is 3. The summed E-state index contributed by atoms with van der Waals surface area (Å²) in [7, 11) is 1.51. The second-order valence-corrected chi connectivity index (χ2v) is 21.1. The number of unbranched alkanes of at least 4 members (excludes halogenated alkanes) is 2. The number of nitrogens with one attached hydrogen (secondary N) is 3. The summed E-state index contributed by atoms with van der Waals surface area (Å²) in [5.74, 6) is -9.20. The molecular formula is C54H68N8O18. The molecule has 26 nitrogen and oxygen atoms in total. The molecule has 0 bridgehead atoms. The maximum Gasteiger partial charge on any atom is 0.322 e. The number of Topliss-reactive ketones (excluding diaryl/α,β-unsaturated/α-hetero) is 1. The molecule has 432 valence electrons. The summed E-state index contributed by atoms with van der Waals surface area (Å²) in [6.07, 6.45) is -1.96. The molecule has 3 saturated heterocycles. The highest BCUT2D eigenvalue weighted by Crippen LogP contribution is 2.53. The lowest BCUT2D eigenvalue weighted by molar-refractivity contribution is -0.256. The van der Waals surface area contributed by atoms with Gasteiger partial charge in [-0.2, -0.15) is 0 Å². The van der Waals surface area contributed by atoms with Crippen molar-refractivity contribution >= 4 is 64.5 Å². The van der Waals surface area contributed by atoms with Gasteiger partial charge < -0.3 is 66.4 Å². The molecular weight excluding hydrogens is 1050 g/mol. The highest BCUT2D eigenvalue weighted by molar-refractivity contribution is 6.32. The number of aromatic hydroxyl groups is 2. The summed E-state index contributed by atoms with van der Waals surface area (Å²) in [6.45, 7) is 6.37. The monoisotopic (exact) mass is 1120 g/mol. The van der Waals surface area contributed by atoms with Crippen LogP contribution in [-0.2, 0) is 63.7 Å². The van der Waals surface area contributed by atoms with Crippen LogP contribution in [0, 0.1) is 5.92 Å². The van der Waals surface area contributed by atoms with Crippen LogP contribution in [0.1, 0.15) is 128 Å². The number of ether oxygens (including phenoxy) is 5. The Kier molecular flexibility index (Phi) is 18.0. The van der Waals surface area contributed by atoms with E-state index in [2.05, 4.69) is 20.9 Å². The molecule has 80 heavy (non-hydrogen) atoms. The van der Waals surface area contributed by atoms with E-state index in [-0.39, 0.29) is 72.8 Å². The lowest BCUT2D eigenvalue weighted by Gasteiger charge is -2.43. The fourth-order valence-corrected chi connectivity index (χ4v) is 11.4. The number of hydrogen-bond acceptors (Lipinski definition) is 20. The molecule has 2 aliphatic carbocycles. The number of carbonyl (C=O) groups is 10. The van der Waals surface area contributed by atoms with Crippen LogP contribution < -0.4 is 27.4 Å². The van der Waals surface area contributed by atoms with E-state index in [1.165, 1.54) is 37.5 Å². The Morgan fingerprint density at radius 1 is 0.938 bits per heavy atom. The van der Waals surface area contributed by atoms with Gasteiger partial charge in [-0.1, -0.05) is 32.4 Å². The fraction of sp³-hybridized carbons (Fsp3) is 0.556. The van der Waals surface area contributed by atoms with Gasteiger partial charge in [0.15, 0.2) is 36.2 Å². The minimum absolute atomic E-state index is 0.0159. The number of anilines is 1. The number of carbonyl (C=O) groups excluding carboxylic acids is 10. The van der Waals surface area contributed by atoms with Crippen LogP contribution in [0.4, 0.5) is 10.5 Å². The van der Waals surface area contributed by atoms with Crippen LogP contribution in [0.2, 0.25) is 0 Å². The quantitative estimate of drug-likeness (QED) is 0.0407. The summed E-state index contributed by atoms with van der Waals surface area (Å²) in [6, 6.07) is -0.676. The molecule has 4 aliphatic heterocycles. The number of imide groups is 2. The van der Waals surface area contributed by atoms with Crippen molar-refractivity contribution in [3.8, 4) is 11.5 Å². The number of methoxy groups -OCH3 is 1. The SMILES string of the molecule is CO[C@H]1OCCN2[C@@H]1O[C@@H]1[C@H](C)O[C@@H](O[C@H]3C[C@](O)(C(C)=O)Cc4c(O)c5c(c(O)c43)C(=O)c3c(NC(=O)CNC(=O)[C@H](CCCN)N(C(N)=O)C(=O)[C@@H](NC(=O)CCCCCN4C(=O)C=CC4=O)C(C)C)cccc3C5=O)C[C@@H]12. The number of benzene rings is 2. The number of urea groups is 1. The van der Waals surface area contributed by atoms with Gasteiger partial charge in [0.2, 0.25) is 17.7 Å². The molecule has 26 heteroatoms. The normalized spacial score (nSPS) is 25.7. The van der Waals surface area contributed by atoms with Gasteiger partial charge in [0, 0.05) is 80.8 Å². The summed E-state index contributed by atoms with van der Waals surface area (Å²) >= 11 is 0. The fourth-order valence-electron chi connectivity index (χ4n) is 11.4. The molecule has 3 fully saturated rings. The number of phenolic OH excluding ortho intramolecular Hbond substituents is 2. The van der Waals surface area contributed by atoms with Gasteiger partial charge in [-0.3, -0.25) is 57.9 Å². The number of morpholine rings is 1. The topological polar surface area (TPSA) is 375 Å². The van der Waals surface area contributed by atoms with Gasteiger partial charge in [-0.05, 0) is 58.1 Å². The summed E-state index contributed by atoms with van der Waals surface area (Å²) < 4.78 is 30.4. The highest BCUT2D eigenvalue weighted by atomic mass is 16.7. The first kappa shape index (κ1) is 59.1. The molecule has 2 aromatic rings. The largest absolute Gasteiger partial charge is 0.507 e. The predicted molar refractivity (Wildman–Crippen MR) is 277 cm³/mol. The third-order valence-corrected chi connectivity index (χ3v) is 15.6. The van der Waals surface area contributed by atoms with E-state index in [0.717, 1.165) is 11.8 Å². The lowest BCUT2D eigenvalue weighted by Crippen LogP contribution is -2.60. The Labute approximate surface area is 459 Å². The first-order valence-electron chi connectivity index (χ1n) is 26.7. The molecule has 4 heterocycles. The summed E-state index contributed by atoms with van der Waals surface area (Å²) in [5, 5.41) is 43.5. The van der Waals surface area contributed by atoms with E-state index in [0.29, 0.717) is 37.3 Å². The number of fused-ring (bicyclic) bond motifs is 6. The number of rotatable bonds is 21. The van der Waals surface area contributed by atoms with Gasteiger partial charge in [0.25, 0.3) is 17.7 Å². The molecule has 0 saturated carbocycles. The highest BCUT2D eigenvalue weighted by Gasteiger charge is 2.55. The number of phenols is 2. The van der Waals surface area contributed by atoms with Crippen molar-refractivity contribution in [3.63, 3.8) is 0 Å². The molecule has 2 aromatic carbocycles. The maximum atomic E-state index is 14.8. The van der Waals surface area contributed by atoms with E-state index in [4.69, 9.17) is 35.2 Å². The lowest BCUT2D eigenvalue weighted by atomic mass is 9.72. The van der Waals surface area contributed by atoms with Gasteiger partial charge in [-0.15, -0.1) is 0 Å². The van der Waals surface area contributed by atoms with Crippen molar-refractivity contribution in [2.45, 2.75) is 146 Å². The second kappa shape index (κ2) is 24.4. The van der Waals surface area contributed by atoms with Crippen molar-refractivity contribution in [2.24, 2.45) is 17.4 Å². The molecule has 0 unspecified atom stereocenters. The standard InChI is InChI=1S/C54H68N8O18/c1-25(2)43(59-34(64)14-7-6-8-18-61-36(66)15-16-37(61)67)50(73)62(53(56)74)31(13-10-17-55)49(72)57-24-35(65)58-30-12-9-11-28-39(30)46(70)42-41(44(28)68)45(69)29-22-54(75,27(4)63)23-33(40(29)47(42)71)79-38-21-32-48(26(3)78-38)80-51-52(76-5)77-20-19-60(32)51/h9,11-12,15-16,25-26,31-33,38,43,48,51-52,69,71,75H,6-8,10,13-14,17-24,55H2,1-5H3,(H2,56,74)(H,57,72)(H,58,65)(H,59,64)/t26-,31-,32-,33-,38-,43-,48+,51+,52-,54-/m0/s1. The van der Waals surface area contributed by atoms with Crippen LogP contribution in [-0.4, -0.2) is 183 Å². The minimum Gasteiger partial charge on any atom is -0.507 e. The first-order chi connectivity index (χ1) is 38.0. The molecule has 0 radical (unpaired) electrons. The molecule has 10 N–H and O–H groups in total. The van der Waals surface area contributed by atoms with Crippen molar-refractivity contribution in [3.05, 3.63) is 63.7 Å². The van der Waals surface area contributed by atoms with Gasteiger partial charge >= 0.3 is 6.03 Å². The third-order valence-electron chi connectivity index (χ3n) is 15.6. The molecule has 8 rings (SSSR count). The van der Waals surface area contributed by atoms with Crippen LogP contribution in [0.5, 0.6) is 11.5 Å². The number of hydrogen-bond donors (Lipinski definition) is 8. The van der Waals surface area contributed by atoms with E-state index in [9.17, 15) is 63.3 Å². The average molecular weight is 1120 g/mol. The molecule has 6 aliphatic rings. The van der Waals surface area contributed by atoms with Crippen molar-refractivity contribution in [1.82, 2.24) is 25.3 Å². The van der Waals surface area contributed by atoms with Crippen molar-refractivity contribution < 1.29 is 86.9 Å². The van der Waals surface area contributed by atoms with Crippen LogP contribution in [0.15, 0.2) is 30.4 Å². The Bertz CT molecular complexity index is 2880. The van der Waals surface area contributed by atoms with E-state index >= 15 is 0 Å². The molecule has 10 atom stereocenters. The van der Waals surface area contributed by atoms with Crippen LogP contribution in [0.25, 0.3) is 0 Å². The molecule has 0 aromatic heterocycles. The smallest absolute Gasteiger partial charge is 0.322 e. The zero-order chi connectivity index (χ0) is 58.1. The third kappa shape index (κ3) is 11.6. The zero-order valence-electron chi connectivity index (χ0n) is 45.0. The number of nitrogens with zero attached hydrogens (tertiary/aromatic N) is 3. The average Bonchev–Trinajstić information content (AvgIpc) is 4.10. The summed E-state index contributed by atoms with van der Waals surface area (Å²) in [4.78, 5) is 138. The van der Waals surface area contributed by atoms with Crippen LogP contribution in [0.3, 0.4) is 0 Å². The van der Waals surface area contributed by atoms with E-state index in [1.807, 2.05) is 0 Å².